The molecule has 6 nitrogen and oxygen atoms in total. The van der Waals surface area contributed by atoms with Crippen LogP contribution in [-0.4, -0.2) is 61.1 Å². The topological polar surface area (TPSA) is 52.7 Å². The Morgan fingerprint density at radius 3 is 2.09 bits per heavy atom. The van der Waals surface area contributed by atoms with Gasteiger partial charge in [0.25, 0.3) is 0 Å². The van der Waals surface area contributed by atoms with Crippen molar-refractivity contribution < 1.29 is 23.8 Å². The molecule has 1 spiro atoms. The van der Waals surface area contributed by atoms with Crippen LogP contribution in [0.3, 0.4) is 0 Å². The first-order chi connectivity index (χ1) is 16.7. The maximum absolute atomic E-state index is 6.65. The monoisotopic (exact) mass is 489 g/mol. The zero-order valence-electron chi connectivity index (χ0n) is 22.9. The van der Waals surface area contributed by atoms with Crippen LogP contribution in [-0.2, 0) is 25.5 Å². The number of epoxide rings is 1. The van der Waals surface area contributed by atoms with Crippen molar-refractivity contribution in [1.29, 1.82) is 0 Å². The molecule has 1 aromatic rings. The van der Waals surface area contributed by atoms with E-state index in [1.807, 2.05) is 12.1 Å². The number of hydrogen-bond donors (Lipinski definition) is 0. The van der Waals surface area contributed by atoms with Crippen LogP contribution >= 0.6 is 0 Å². The molecular weight excluding hydrogens is 442 g/mol. The van der Waals surface area contributed by atoms with Crippen molar-refractivity contribution in [2.75, 3.05) is 33.0 Å². The standard InChI is InChI=1S/C29H47NO5/c1-7-27(8-2)21-33-29(34-22-27)19-26(5,6)30(28(9-3,10-4)20-29)35-16-15-23-11-13-24(14-12-23)31-17-25-18-32-25/h11-14,25H,7-10,15-22H2,1-6H3. The highest BCUT2D eigenvalue weighted by Gasteiger charge is 2.59. The molecular formula is C29H47NO5. The van der Waals surface area contributed by atoms with Crippen LogP contribution in [0.25, 0.3) is 0 Å². The predicted octanol–water partition coefficient (Wildman–Crippen LogP) is 5.92. The second kappa shape index (κ2) is 10.7. The van der Waals surface area contributed by atoms with Gasteiger partial charge < -0.3 is 18.9 Å². The molecule has 1 aromatic carbocycles. The van der Waals surface area contributed by atoms with Gasteiger partial charge in [-0.1, -0.05) is 39.8 Å². The lowest BCUT2D eigenvalue weighted by atomic mass is 9.72. The molecule has 0 N–H and O–H groups in total. The van der Waals surface area contributed by atoms with Crippen molar-refractivity contribution >= 4 is 0 Å². The Hall–Kier alpha value is -1.18. The smallest absolute Gasteiger partial charge is 0.172 e. The summed E-state index contributed by atoms with van der Waals surface area (Å²) < 4.78 is 24.3. The summed E-state index contributed by atoms with van der Waals surface area (Å²) >= 11 is 0. The van der Waals surface area contributed by atoms with Crippen LogP contribution in [0.5, 0.6) is 5.75 Å². The summed E-state index contributed by atoms with van der Waals surface area (Å²) in [6.45, 7) is 17.3. The van der Waals surface area contributed by atoms with Crippen LogP contribution in [0, 0.1) is 5.41 Å². The lowest BCUT2D eigenvalue weighted by Gasteiger charge is -2.61. The summed E-state index contributed by atoms with van der Waals surface area (Å²) in [5, 5.41) is 2.30. The summed E-state index contributed by atoms with van der Waals surface area (Å²) in [6, 6.07) is 8.35. The zero-order valence-corrected chi connectivity index (χ0v) is 22.9. The first kappa shape index (κ1) is 26.9. The zero-order chi connectivity index (χ0) is 25.2. The third kappa shape index (κ3) is 5.88. The number of rotatable bonds is 11. The van der Waals surface area contributed by atoms with Crippen molar-refractivity contribution in [3.8, 4) is 5.75 Å². The SMILES string of the molecule is CCC1(CC)COC2(CC(C)(C)N(OCCc3ccc(OCC4CO4)cc3)C(CC)(CC)C2)OC1. The normalized spacial score (nSPS) is 26.5. The van der Waals surface area contributed by atoms with E-state index < -0.39 is 5.79 Å². The third-order valence-electron chi connectivity index (χ3n) is 8.75. The van der Waals surface area contributed by atoms with Gasteiger partial charge >= 0.3 is 0 Å². The molecule has 1 unspecified atom stereocenters. The summed E-state index contributed by atoms with van der Waals surface area (Å²) in [4.78, 5) is 6.61. The van der Waals surface area contributed by atoms with Gasteiger partial charge in [0.1, 0.15) is 18.5 Å². The average molecular weight is 490 g/mol. The average Bonchev–Trinajstić information content (AvgIpc) is 3.70. The number of piperidine rings is 1. The molecule has 3 aliphatic rings. The van der Waals surface area contributed by atoms with Crippen molar-refractivity contribution in [2.24, 2.45) is 5.41 Å². The highest BCUT2D eigenvalue weighted by atomic mass is 16.7. The molecule has 1 atom stereocenters. The second-order valence-corrected chi connectivity index (χ2v) is 11.6. The van der Waals surface area contributed by atoms with Crippen molar-refractivity contribution in [1.82, 2.24) is 5.06 Å². The van der Waals surface area contributed by atoms with E-state index in [4.69, 9.17) is 23.8 Å². The van der Waals surface area contributed by atoms with Gasteiger partial charge in [-0.05, 0) is 63.6 Å². The highest BCUT2D eigenvalue weighted by molar-refractivity contribution is 5.27. The second-order valence-electron chi connectivity index (χ2n) is 11.6. The molecule has 4 rings (SSSR count). The summed E-state index contributed by atoms with van der Waals surface area (Å²) in [6.07, 6.45) is 6.95. The van der Waals surface area contributed by atoms with Crippen molar-refractivity contribution in [3.05, 3.63) is 29.8 Å². The quantitative estimate of drug-likeness (QED) is 0.360. The molecule has 6 heteroatoms. The van der Waals surface area contributed by atoms with Crippen LogP contribution in [0.4, 0.5) is 0 Å². The Labute approximate surface area is 212 Å². The number of hydroxylamine groups is 2. The van der Waals surface area contributed by atoms with Gasteiger partial charge in [-0.3, -0.25) is 4.84 Å². The predicted molar refractivity (Wildman–Crippen MR) is 137 cm³/mol. The Morgan fingerprint density at radius 1 is 0.914 bits per heavy atom. The van der Waals surface area contributed by atoms with E-state index in [0.717, 1.165) is 70.5 Å². The fourth-order valence-corrected chi connectivity index (χ4v) is 5.98. The van der Waals surface area contributed by atoms with E-state index in [1.54, 1.807) is 0 Å². The number of nitrogens with zero attached hydrogens (tertiary/aromatic N) is 1. The summed E-state index contributed by atoms with van der Waals surface area (Å²) in [5.41, 5.74) is 1.07. The fourth-order valence-electron chi connectivity index (χ4n) is 5.98. The largest absolute Gasteiger partial charge is 0.491 e. The minimum atomic E-state index is -0.523. The summed E-state index contributed by atoms with van der Waals surface area (Å²) in [7, 11) is 0. The van der Waals surface area contributed by atoms with Gasteiger partial charge in [-0.25, -0.2) is 0 Å². The number of benzene rings is 1. The third-order valence-corrected chi connectivity index (χ3v) is 8.75. The van der Waals surface area contributed by atoms with Crippen LogP contribution in [0.1, 0.15) is 85.6 Å². The molecule has 0 saturated carbocycles. The van der Waals surface area contributed by atoms with Gasteiger partial charge in [0, 0.05) is 23.8 Å². The molecule has 3 fully saturated rings. The molecule has 3 aliphatic heterocycles. The van der Waals surface area contributed by atoms with Crippen LogP contribution in [0.15, 0.2) is 24.3 Å². The Bertz CT molecular complexity index is 801. The maximum atomic E-state index is 6.65. The lowest BCUT2D eigenvalue weighted by molar-refractivity contribution is -0.388. The first-order valence-corrected chi connectivity index (χ1v) is 13.8. The van der Waals surface area contributed by atoms with Gasteiger partial charge in [-0.2, -0.15) is 5.06 Å². The molecule has 0 aliphatic carbocycles. The van der Waals surface area contributed by atoms with Crippen molar-refractivity contribution in [3.63, 3.8) is 0 Å². The van der Waals surface area contributed by atoms with E-state index in [9.17, 15) is 0 Å². The van der Waals surface area contributed by atoms with Gasteiger partial charge in [-0.15, -0.1) is 0 Å². The van der Waals surface area contributed by atoms with Gasteiger partial charge in [0.05, 0.1) is 32.0 Å². The fraction of sp³-hybridized carbons (Fsp3) is 0.793. The Kier molecular flexibility index (Phi) is 8.19. The molecule has 0 aromatic heterocycles. The van der Waals surface area contributed by atoms with Crippen LogP contribution < -0.4 is 4.74 Å². The Morgan fingerprint density at radius 2 is 1.54 bits per heavy atom. The minimum absolute atomic E-state index is 0.122. The molecule has 0 amide bonds. The van der Waals surface area contributed by atoms with Gasteiger partial charge in [0.2, 0.25) is 0 Å². The summed E-state index contributed by atoms with van der Waals surface area (Å²) in [5.74, 6) is 0.371. The first-order valence-electron chi connectivity index (χ1n) is 13.8. The molecule has 3 heterocycles. The van der Waals surface area contributed by atoms with E-state index in [0.29, 0.717) is 13.2 Å². The Balaban J connectivity index is 1.39. The lowest BCUT2D eigenvalue weighted by Crippen LogP contribution is -2.69. The van der Waals surface area contributed by atoms with Crippen LogP contribution in [0.2, 0.25) is 0 Å². The molecule has 3 saturated heterocycles. The van der Waals surface area contributed by atoms with E-state index in [1.165, 1.54) is 5.56 Å². The van der Waals surface area contributed by atoms with E-state index >= 15 is 0 Å². The van der Waals surface area contributed by atoms with Crippen molar-refractivity contribution in [2.45, 2.75) is 109 Å². The number of ether oxygens (including phenoxy) is 4. The minimum Gasteiger partial charge on any atom is -0.491 e. The molecule has 0 bridgehead atoms. The molecule has 35 heavy (non-hydrogen) atoms. The van der Waals surface area contributed by atoms with E-state index in [2.05, 4.69) is 58.7 Å². The molecule has 0 radical (unpaired) electrons. The highest BCUT2D eigenvalue weighted by Crippen LogP contribution is 2.51. The van der Waals surface area contributed by atoms with Gasteiger partial charge in [0.15, 0.2) is 5.79 Å². The van der Waals surface area contributed by atoms with E-state index in [-0.39, 0.29) is 22.6 Å². The molecule has 198 valence electrons. The maximum Gasteiger partial charge on any atom is 0.172 e. The number of hydrogen-bond acceptors (Lipinski definition) is 6.